The van der Waals surface area contributed by atoms with E-state index in [0.717, 1.165) is 30.6 Å². The summed E-state index contributed by atoms with van der Waals surface area (Å²) in [6.45, 7) is 6.22. The molecule has 3 heteroatoms. The van der Waals surface area contributed by atoms with Crippen LogP contribution in [0.15, 0.2) is 36.4 Å². The van der Waals surface area contributed by atoms with Gasteiger partial charge in [0.2, 0.25) is 0 Å². The van der Waals surface area contributed by atoms with Crippen molar-refractivity contribution < 1.29 is 0 Å². The van der Waals surface area contributed by atoms with Crippen LogP contribution in [-0.2, 0) is 6.54 Å². The average molecular weight is 308 g/mol. The van der Waals surface area contributed by atoms with Gasteiger partial charge >= 0.3 is 0 Å². The highest BCUT2D eigenvalue weighted by Gasteiger charge is 2.09. The van der Waals surface area contributed by atoms with Gasteiger partial charge in [0.1, 0.15) is 0 Å². The van der Waals surface area contributed by atoms with E-state index in [2.05, 4.69) is 37.4 Å². The third kappa shape index (κ3) is 3.54. The molecule has 0 unspecified atom stereocenters. The third-order valence-electron chi connectivity index (χ3n) is 3.29. The van der Waals surface area contributed by atoms with Crippen molar-refractivity contribution in [2.75, 3.05) is 6.54 Å². The second kappa shape index (κ2) is 7.12. The molecule has 0 atom stereocenters. The maximum Gasteiger partial charge on any atom is 0.0670 e. The fourth-order valence-corrected chi connectivity index (χ4v) is 2.66. The molecule has 106 valence electrons. The van der Waals surface area contributed by atoms with E-state index in [4.69, 9.17) is 23.2 Å². The molecule has 2 aromatic rings. The van der Waals surface area contributed by atoms with Gasteiger partial charge in [-0.15, -0.1) is 0 Å². The van der Waals surface area contributed by atoms with Crippen LogP contribution < -0.4 is 5.32 Å². The zero-order valence-electron chi connectivity index (χ0n) is 11.8. The van der Waals surface area contributed by atoms with Gasteiger partial charge in [-0.2, -0.15) is 0 Å². The Morgan fingerprint density at radius 1 is 1.05 bits per heavy atom. The minimum Gasteiger partial charge on any atom is -0.313 e. The van der Waals surface area contributed by atoms with Crippen molar-refractivity contribution in [2.45, 2.75) is 26.8 Å². The van der Waals surface area contributed by atoms with Crippen molar-refractivity contribution in [1.29, 1.82) is 0 Å². The summed E-state index contributed by atoms with van der Waals surface area (Å²) in [5.74, 6) is 0. The lowest BCUT2D eigenvalue weighted by Gasteiger charge is -2.11. The summed E-state index contributed by atoms with van der Waals surface area (Å²) in [6.07, 6.45) is 1.15. The Balaban J connectivity index is 2.27. The van der Waals surface area contributed by atoms with Crippen LogP contribution in [-0.4, -0.2) is 6.54 Å². The number of aryl methyl sites for hydroxylation is 1. The van der Waals surface area contributed by atoms with Crippen molar-refractivity contribution in [3.63, 3.8) is 0 Å². The third-order valence-corrected chi connectivity index (χ3v) is 4.11. The second-order valence-corrected chi connectivity index (χ2v) is 5.71. The van der Waals surface area contributed by atoms with Gasteiger partial charge < -0.3 is 5.32 Å². The second-order valence-electron chi connectivity index (χ2n) is 4.93. The molecule has 0 aromatic heterocycles. The lowest BCUT2D eigenvalue weighted by Crippen LogP contribution is -2.13. The quantitative estimate of drug-likeness (QED) is 0.722. The van der Waals surface area contributed by atoms with E-state index < -0.39 is 0 Å². The number of halogens is 2. The highest BCUT2D eigenvalue weighted by atomic mass is 35.5. The summed E-state index contributed by atoms with van der Waals surface area (Å²) in [5, 5.41) is 4.63. The van der Waals surface area contributed by atoms with E-state index in [0.29, 0.717) is 10.0 Å². The highest BCUT2D eigenvalue weighted by molar-refractivity contribution is 6.43. The monoisotopic (exact) mass is 307 g/mol. The van der Waals surface area contributed by atoms with Gasteiger partial charge in [0, 0.05) is 12.1 Å². The lowest BCUT2D eigenvalue weighted by atomic mass is 9.98. The Kier molecular flexibility index (Phi) is 5.47. The Hall–Kier alpha value is -1.02. The Bertz CT molecular complexity index is 594. The van der Waals surface area contributed by atoms with Crippen LogP contribution in [0.5, 0.6) is 0 Å². The number of nitrogens with one attached hydrogen (secondary N) is 1. The standard InChI is InChI=1S/C17H19Cl2N/c1-3-9-20-11-13-7-8-14(12(2)10-13)15-5-4-6-16(18)17(15)19/h4-8,10,20H,3,9,11H2,1-2H3. The summed E-state index contributed by atoms with van der Waals surface area (Å²) in [7, 11) is 0. The van der Waals surface area contributed by atoms with E-state index in [1.165, 1.54) is 11.1 Å². The molecule has 0 saturated carbocycles. The molecule has 2 aromatic carbocycles. The van der Waals surface area contributed by atoms with Crippen molar-refractivity contribution in [1.82, 2.24) is 5.32 Å². The SMILES string of the molecule is CCCNCc1ccc(-c2cccc(Cl)c2Cl)c(C)c1. The Labute approximate surface area is 130 Å². The van der Waals surface area contributed by atoms with Crippen LogP contribution in [0.4, 0.5) is 0 Å². The molecular formula is C17H19Cl2N. The predicted octanol–water partition coefficient (Wildman–Crippen LogP) is 5.47. The first kappa shape index (κ1) is 15.4. The molecule has 0 saturated heterocycles. The summed E-state index contributed by atoms with van der Waals surface area (Å²) >= 11 is 12.4. The molecule has 1 nitrogen and oxygen atoms in total. The normalized spacial score (nSPS) is 10.8. The number of hydrogen-bond donors (Lipinski definition) is 1. The molecule has 1 N–H and O–H groups in total. The van der Waals surface area contributed by atoms with E-state index in [-0.39, 0.29) is 0 Å². The summed E-state index contributed by atoms with van der Waals surface area (Å²) in [4.78, 5) is 0. The van der Waals surface area contributed by atoms with Gasteiger partial charge in [0.15, 0.2) is 0 Å². The Morgan fingerprint density at radius 2 is 1.85 bits per heavy atom. The summed E-state index contributed by atoms with van der Waals surface area (Å²) in [6, 6.07) is 12.2. The molecule has 0 amide bonds. The van der Waals surface area contributed by atoms with Crippen molar-refractivity contribution in [2.24, 2.45) is 0 Å². The molecule has 0 fully saturated rings. The van der Waals surface area contributed by atoms with Crippen molar-refractivity contribution in [3.8, 4) is 11.1 Å². The number of benzene rings is 2. The summed E-state index contributed by atoms with van der Waals surface area (Å²) < 4.78 is 0. The smallest absolute Gasteiger partial charge is 0.0670 e. The molecular weight excluding hydrogens is 289 g/mol. The number of hydrogen-bond acceptors (Lipinski definition) is 1. The van der Waals surface area contributed by atoms with Crippen LogP contribution >= 0.6 is 23.2 Å². The van der Waals surface area contributed by atoms with Crippen LogP contribution in [0.1, 0.15) is 24.5 Å². The molecule has 0 spiro atoms. The predicted molar refractivity (Wildman–Crippen MR) is 88.6 cm³/mol. The minimum absolute atomic E-state index is 0.595. The van der Waals surface area contributed by atoms with E-state index in [1.807, 2.05) is 18.2 Å². The van der Waals surface area contributed by atoms with Gasteiger partial charge in [-0.05, 0) is 42.6 Å². The first-order chi connectivity index (χ1) is 9.63. The van der Waals surface area contributed by atoms with Crippen molar-refractivity contribution in [3.05, 3.63) is 57.6 Å². The molecule has 0 heterocycles. The number of rotatable bonds is 5. The fourth-order valence-electron chi connectivity index (χ4n) is 2.26. The van der Waals surface area contributed by atoms with Gasteiger partial charge in [0.25, 0.3) is 0 Å². The minimum atomic E-state index is 0.595. The molecule has 0 aliphatic carbocycles. The van der Waals surface area contributed by atoms with Crippen LogP contribution in [0.3, 0.4) is 0 Å². The largest absolute Gasteiger partial charge is 0.313 e. The van der Waals surface area contributed by atoms with Crippen LogP contribution in [0.2, 0.25) is 10.0 Å². The van der Waals surface area contributed by atoms with E-state index in [9.17, 15) is 0 Å². The van der Waals surface area contributed by atoms with Gasteiger partial charge in [0.05, 0.1) is 10.0 Å². The maximum absolute atomic E-state index is 6.30. The maximum atomic E-state index is 6.30. The zero-order chi connectivity index (χ0) is 14.5. The fraction of sp³-hybridized carbons (Fsp3) is 0.294. The first-order valence-corrected chi connectivity index (χ1v) is 7.63. The lowest BCUT2D eigenvalue weighted by molar-refractivity contribution is 0.675. The van der Waals surface area contributed by atoms with Crippen LogP contribution in [0.25, 0.3) is 11.1 Å². The Morgan fingerprint density at radius 3 is 2.55 bits per heavy atom. The van der Waals surface area contributed by atoms with Gasteiger partial charge in [-0.3, -0.25) is 0 Å². The highest BCUT2D eigenvalue weighted by Crippen LogP contribution is 2.35. The molecule has 2 rings (SSSR count). The topological polar surface area (TPSA) is 12.0 Å². The molecule has 0 aliphatic rings. The first-order valence-electron chi connectivity index (χ1n) is 6.88. The average Bonchev–Trinajstić information content (AvgIpc) is 2.43. The van der Waals surface area contributed by atoms with Crippen LogP contribution in [0, 0.1) is 6.92 Å². The molecule has 20 heavy (non-hydrogen) atoms. The van der Waals surface area contributed by atoms with Gasteiger partial charge in [-0.25, -0.2) is 0 Å². The molecule has 0 bridgehead atoms. The van der Waals surface area contributed by atoms with Crippen molar-refractivity contribution >= 4 is 23.2 Å². The van der Waals surface area contributed by atoms with E-state index in [1.54, 1.807) is 0 Å². The molecule has 0 radical (unpaired) electrons. The van der Waals surface area contributed by atoms with E-state index >= 15 is 0 Å². The molecule has 0 aliphatic heterocycles. The zero-order valence-corrected chi connectivity index (χ0v) is 13.4. The van der Waals surface area contributed by atoms with Gasteiger partial charge in [-0.1, -0.05) is 60.5 Å². The summed E-state index contributed by atoms with van der Waals surface area (Å²) in [5.41, 5.74) is 4.63.